The Bertz CT molecular complexity index is 3160. The SMILES string of the molecule is CC(C)c1ccn2c(C(=O)c3ccc(Cl)cc3)c(CC(C)(C)C(=O)O)c(C(=O)C3C(C)(C)C3(C)C)c2c1.CCOC(=O)C(C)(C)Cc1c(C(=O)C2CCCC2)c2cc(C(C)C)ccn2c1C(=O)c1ccc(Cl)cc1. The lowest BCUT2D eigenvalue weighted by atomic mass is 9.81. The van der Waals surface area contributed by atoms with Gasteiger partial charge in [-0.05, 0) is 178 Å². The monoisotopic (exact) mass is 1040 g/mol. The minimum Gasteiger partial charge on any atom is -0.481 e. The summed E-state index contributed by atoms with van der Waals surface area (Å²) in [5, 5.41) is 11.1. The van der Waals surface area contributed by atoms with Crippen molar-refractivity contribution < 1.29 is 38.6 Å². The molecule has 2 aliphatic carbocycles. The summed E-state index contributed by atoms with van der Waals surface area (Å²) >= 11 is 12.2. The van der Waals surface area contributed by atoms with E-state index in [9.17, 15) is 33.9 Å². The summed E-state index contributed by atoms with van der Waals surface area (Å²) in [5.74, 6) is -1.61. The number of rotatable bonds is 17. The average molecular weight is 1040 g/mol. The largest absolute Gasteiger partial charge is 0.481 e. The molecule has 0 bridgehead atoms. The highest BCUT2D eigenvalue weighted by Crippen LogP contribution is 2.69. The molecule has 2 aliphatic rings. The van der Waals surface area contributed by atoms with Gasteiger partial charge < -0.3 is 18.6 Å². The number of aromatic nitrogens is 2. The summed E-state index contributed by atoms with van der Waals surface area (Å²) in [6.45, 7) is 25.7. The second-order valence-electron chi connectivity index (χ2n) is 23.5. The van der Waals surface area contributed by atoms with Crippen LogP contribution in [0.1, 0.15) is 203 Å². The number of pyridine rings is 2. The first-order valence-corrected chi connectivity index (χ1v) is 26.8. The van der Waals surface area contributed by atoms with Crippen LogP contribution in [0.15, 0.2) is 85.2 Å². The maximum absolute atomic E-state index is 14.3. The molecule has 4 aromatic heterocycles. The lowest BCUT2D eigenvalue weighted by Gasteiger charge is -2.23. The van der Waals surface area contributed by atoms with E-state index in [0.29, 0.717) is 60.3 Å². The molecule has 0 unspecified atom stereocenters. The Kier molecular flexibility index (Phi) is 15.9. The second kappa shape index (κ2) is 21.1. The Balaban J connectivity index is 0.000000216. The molecule has 4 heterocycles. The lowest BCUT2D eigenvalue weighted by molar-refractivity contribution is -0.153. The first kappa shape index (κ1) is 55.9. The van der Waals surface area contributed by atoms with E-state index in [-0.39, 0.29) is 83.1 Å². The number of Topliss-reactive ketones (excluding diaryl/α,β-unsaturated/α-hetero) is 2. The van der Waals surface area contributed by atoms with Crippen molar-refractivity contribution in [3.63, 3.8) is 0 Å². The van der Waals surface area contributed by atoms with Crippen molar-refractivity contribution in [2.24, 2.45) is 33.5 Å². The third-order valence-electron chi connectivity index (χ3n) is 16.2. The highest BCUT2D eigenvalue weighted by atomic mass is 35.5. The summed E-state index contributed by atoms with van der Waals surface area (Å²) in [6, 6.07) is 21.4. The van der Waals surface area contributed by atoms with Gasteiger partial charge in [-0.1, -0.05) is 91.4 Å². The predicted molar refractivity (Wildman–Crippen MR) is 294 cm³/mol. The fourth-order valence-electron chi connectivity index (χ4n) is 11.0. The maximum atomic E-state index is 14.3. The number of hydrogen-bond acceptors (Lipinski definition) is 7. The number of carboxylic acids is 1. The maximum Gasteiger partial charge on any atom is 0.311 e. The Hall–Kier alpha value is -5.84. The number of carbonyl (C=O) groups is 6. The number of halogens is 2. The van der Waals surface area contributed by atoms with E-state index in [1.807, 2.05) is 54.9 Å². The van der Waals surface area contributed by atoms with E-state index in [0.717, 1.165) is 42.3 Å². The van der Waals surface area contributed by atoms with Crippen LogP contribution in [0, 0.1) is 33.5 Å². The van der Waals surface area contributed by atoms with E-state index in [1.54, 1.807) is 73.7 Å². The van der Waals surface area contributed by atoms with Crippen LogP contribution in [0.25, 0.3) is 11.0 Å². The van der Waals surface area contributed by atoms with Crippen LogP contribution < -0.4 is 0 Å². The first-order chi connectivity index (χ1) is 34.6. The van der Waals surface area contributed by atoms with E-state index in [4.69, 9.17) is 27.9 Å². The third-order valence-corrected chi connectivity index (χ3v) is 16.8. The van der Waals surface area contributed by atoms with Crippen LogP contribution >= 0.6 is 23.2 Å². The van der Waals surface area contributed by atoms with Crippen LogP contribution in [-0.2, 0) is 27.2 Å². The summed E-state index contributed by atoms with van der Waals surface area (Å²) in [6.07, 6.45) is 7.74. The number of ether oxygens (including phenoxy) is 1. The molecule has 8 rings (SSSR count). The zero-order valence-corrected chi connectivity index (χ0v) is 46.8. The fourth-order valence-corrected chi connectivity index (χ4v) is 11.2. The molecule has 0 atom stereocenters. The minimum absolute atomic E-state index is 0.0280. The Morgan fingerprint density at radius 2 is 1.03 bits per heavy atom. The third kappa shape index (κ3) is 10.6. The quantitative estimate of drug-likeness (QED) is 0.0703. The summed E-state index contributed by atoms with van der Waals surface area (Å²) < 4.78 is 9.00. The number of benzene rings is 2. The number of ketones is 4. The molecule has 0 spiro atoms. The molecule has 10 nitrogen and oxygen atoms in total. The van der Waals surface area contributed by atoms with Crippen molar-refractivity contribution in [3.05, 3.63) is 151 Å². The highest BCUT2D eigenvalue weighted by Gasteiger charge is 2.68. The molecule has 2 fully saturated rings. The van der Waals surface area contributed by atoms with Gasteiger partial charge in [0.1, 0.15) is 0 Å². The van der Waals surface area contributed by atoms with Gasteiger partial charge >= 0.3 is 11.9 Å². The standard InChI is InChI=1S/2C31H36ClNO4/c1-17(2)19-13-14-33-22(15-19)23(26(35)27-30(5,6)31(27,7)8)21(16-29(3,4)28(36)37)24(33)25(34)18-9-11-20(32)12-10-18;1-6-37-30(36)31(4,5)18-24-26(28(34)20-9-7-8-10-20)25-17-22(19(2)3)15-16-33(25)27(24)29(35)21-11-13-23(32)14-12-21/h9-15,17,27H,16H2,1-8H3,(H,36,37);11-17,19-20H,6-10,18H2,1-5H3. The molecule has 74 heavy (non-hydrogen) atoms. The number of esters is 1. The van der Waals surface area contributed by atoms with E-state index in [2.05, 4.69) is 55.4 Å². The van der Waals surface area contributed by atoms with E-state index in [1.165, 1.54) is 0 Å². The predicted octanol–water partition coefficient (Wildman–Crippen LogP) is 14.9. The molecule has 2 aromatic carbocycles. The molecular formula is C62H72Cl2N2O8. The van der Waals surface area contributed by atoms with Crippen molar-refractivity contribution in [2.75, 3.05) is 6.61 Å². The van der Waals surface area contributed by atoms with Crippen LogP contribution in [0.3, 0.4) is 0 Å². The molecule has 392 valence electrons. The lowest BCUT2D eigenvalue weighted by Crippen LogP contribution is -2.30. The summed E-state index contributed by atoms with van der Waals surface area (Å²) in [7, 11) is 0. The van der Waals surface area contributed by atoms with Gasteiger partial charge in [0.25, 0.3) is 0 Å². The average Bonchev–Trinajstić information content (AvgIpc) is 3.89. The van der Waals surface area contributed by atoms with Gasteiger partial charge in [0, 0.05) is 56.5 Å². The molecule has 0 saturated heterocycles. The zero-order valence-electron chi connectivity index (χ0n) is 45.3. The van der Waals surface area contributed by atoms with Crippen LogP contribution in [-0.4, -0.2) is 55.6 Å². The molecule has 2 saturated carbocycles. The molecular weight excluding hydrogens is 972 g/mol. The number of fused-ring (bicyclic) bond motifs is 2. The van der Waals surface area contributed by atoms with Crippen molar-refractivity contribution in [1.29, 1.82) is 0 Å². The van der Waals surface area contributed by atoms with Crippen molar-refractivity contribution in [2.45, 2.75) is 140 Å². The molecule has 0 aliphatic heterocycles. The molecule has 0 radical (unpaired) electrons. The molecule has 12 heteroatoms. The van der Waals surface area contributed by atoms with Crippen LogP contribution in [0.5, 0.6) is 0 Å². The van der Waals surface area contributed by atoms with Crippen molar-refractivity contribution in [3.8, 4) is 0 Å². The zero-order chi connectivity index (χ0) is 54.6. The number of nitrogens with zero attached hydrogens (tertiary/aromatic N) is 2. The van der Waals surface area contributed by atoms with Crippen LogP contribution in [0.4, 0.5) is 0 Å². The number of carboxylic acid groups (broad SMARTS) is 1. The number of aliphatic carboxylic acids is 1. The second-order valence-corrected chi connectivity index (χ2v) is 24.4. The first-order valence-electron chi connectivity index (χ1n) is 26.0. The minimum atomic E-state index is -1.19. The van der Waals surface area contributed by atoms with Crippen molar-refractivity contribution in [1.82, 2.24) is 8.80 Å². The Labute approximate surface area is 446 Å². The number of hydrogen-bond donors (Lipinski definition) is 1. The van der Waals surface area contributed by atoms with Gasteiger partial charge in [-0.2, -0.15) is 0 Å². The molecule has 1 N–H and O–H groups in total. The smallest absolute Gasteiger partial charge is 0.311 e. The van der Waals surface area contributed by atoms with Gasteiger partial charge in [-0.3, -0.25) is 28.8 Å². The van der Waals surface area contributed by atoms with Gasteiger partial charge in [0.15, 0.2) is 11.6 Å². The number of carbonyl (C=O) groups excluding carboxylic acids is 5. The molecule has 0 amide bonds. The van der Waals surface area contributed by atoms with Gasteiger partial charge in [0.2, 0.25) is 11.6 Å². The van der Waals surface area contributed by atoms with E-state index < -0.39 is 16.8 Å². The van der Waals surface area contributed by atoms with Crippen molar-refractivity contribution >= 4 is 69.3 Å². The summed E-state index contributed by atoms with van der Waals surface area (Å²) in [5.41, 5.74) is 4.80. The fraction of sp³-hybridized carbons (Fsp3) is 0.452. The van der Waals surface area contributed by atoms with Gasteiger partial charge in [-0.25, -0.2) is 0 Å². The van der Waals surface area contributed by atoms with Gasteiger partial charge in [-0.15, -0.1) is 0 Å². The summed E-state index contributed by atoms with van der Waals surface area (Å²) in [4.78, 5) is 81.7. The highest BCUT2D eigenvalue weighted by molar-refractivity contribution is 6.31. The van der Waals surface area contributed by atoms with E-state index >= 15 is 0 Å². The van der Waals surface area contributed by atoms with Crippen LogP contribution in [0.2, 0.25) is 10.0 Å². The normalized spacial score (nSPS) is 15.6. The molecule has 6 aromatic rings. The Morgan fingerprint density at radius 1 is 0.635 bits per heavy atom. The van der Waals surface area contributed by atoms with Gasteiger partial charge in [0.05, 0.1) is 39.9 Å². The Morgan fingerprint density at radius 3 is 1.39 bits per heavy atom. The topological polar surface area (TPSA) is 141 Å².